The summed E-state index contributed by atoms with van der Waals surface area (Å²) in [5.41, 5.74) is 7.96. The number of hydrogen-bond donors (Lipinski definition) is 1. The fraction of sp³-hybridized carbons (Fsp3) is 0.538. The van der Waals surface area contributed by atoms with Crippen LogP contribution in [0.5, 0.6) is 0 Å². The normalized spacial score (nSPS) is 19.9. The van der Waals surface area contributed by atoms with Gasteiger partial charge in [-0.05, 0) is 31.9 Å². The summed E-state index contributed by atoms with van der Waals surface area (Å²) >= 11 is 0. The van der Waals surface area contributed by atoms with Gasteiger partial charge in [0.25, 0.3) is 0 Å². The van der Waals surface area contributed by atoms with Crippen LogP contribution in [0.4, 0.5) is 11.4 Å². The second kappa shape index (κ2) is 5.21. The molecular weight excluding hydrogens is 200 g/mol. The van der Waals surface area contributed by atoms with Gasteiger partial charge in [0.15, 0.2) is 0 Å². The molecule has 1 aromatic rings. The van der Waals surface area contributed by atoms with Gasteiger partial charge in [-0.1, -0.05) is 12.1 Å². The number of benzene rings is 1. The number of nitrogens with zero attached hydrogens (tertiary/aromatic N) is 1. The van der Waals surface area contributed by atoms with Crippen LogP contribution in [0.25, 0.3) is 0 Å². The first-order valence-electron chi connectivity index (χ1n) is 6.02. The number of rotatable bonds is 4. The van der Waals surface area contributed by atoms with E-state index in [1.54, 1.807) is 0 Å². The lowest BCUT2D eigenvalue weighted by atomic mass is 10.2. The zero-order chi connectivity index (χ0) is 11.4. The maximum Gasteiger partial charge on any atom is 0.0750 e. The number of ether oxygens (including phenoxy) is 1. The van der Waals surface area contributed by atoms with E-state index in [2.05, 4.69) is 17.9 Å². The average Bonchev–Trinajstić information content (AvgIpc) is 2.80. The predicted molar refractivity (Wildman–Crippen MR) is 67.7 cm³/mol. The van der Waals surface area contributed by atoms with Crippen LogP contribution in [-0.4, -0.2) is 25.8 Å². The van der Waals surface area contributed by atoms with Gasteiger partial charge >= 0.3 is 0 Å². The third kappa shape index (κ3) is 2.47. The van der Waals surface area contributed by atoms with Crippen molar-refractivity contribution in [1.82, 2.24) is 0 Å². The largest absolute Gasteiger partial charge is 0.397 e. The number of anilines is 2. The summed E-state index contributed by atoms with van der Waals surface area (Å²) in [4.78, 5) is 2.30. The number of para-hydroxylation sites is 2. The van der Waals surface area contributed by atoms with E-state index in [-0.39, 0.29) is 0 Å². The topological polar surface area (TPSA) is 38.5 Å². The predicted octanol–water partition coefficient (Wildman–Crippen LogP) is 2.27. The second-order valence-corrected chi connectivity index (χ2v) is 4.23. The fourth-order valence-electron chi connectivity index (χ4n) is 2.21. The van der Waals surface area contributed by atoms with Gasteiger partial charge in [-0.25, -0.2) is 0 Å². The molecule has 3 nitrogen and oxygen atoms in total. The molecule has 1 aliphatic rings. The molecule has 2 N–H and O–H groups in total. The van der Waals surface area contributed by atoms with E-state index in [0.717, 1.165) is 31.1 Å². The van der Waals surface area contributed by atoms with Crippen molar-refractivity contribution in [3.05, 3.63) is 24.3 Å². The molecule has 0 aliphatic carbocycles. The van der Waals surface area contributed by atoms with Crippen LogP contribution in [0.15, 0.2) is 24.3 Å². The van der Waals surface area contributed by atoms with Crippen molar-refractivity contribution in [2.45, 2.75) is 25.9 Å². The Morgan fingerprint density at radius 1 is 1.44 bits per heavy atom. The summed E-state index contributed by atoms with van der Waals surface area (Å²) in [6, 6.07) is 8.03. The van der Waals surface area contributed by atoms with E-state index in [4.69, 9.17) is 10.5 Å². The minimum atomic E-state index is 0.375. The molecule has 1 saturated heterocycles. The van der Waals surface area contributed by atoms with Gasteiger partial charge in [-0.3, -0.25) is 0 Å². The van der Waals surface area contributed by atoms with Crippen molar-refractivity contribution in [3.8, 4) is 0 Å². The zero-order valence-electron chi connectivity index (χ0n) is 9.86. The minimum absolute atomic E-state index is 0.375. The van der Waals surface area contributed by atoms with Crippen molar-refractivity contribution < 1.29 is 4.74 Å². The molecule has 1 aromatic carbocycles. The third-order valence-corrected chi connectivity index (χ3v) is 3.11. The van der Waals surface area contributed by atoms with Crippen molar-refractivity contribution >= 4 is 11.4 Å². The number of nitrogens with two attached hydrogens (primary N) is 1. The molecule has 1 heterocycles. The molecule has 1 atom stereocenters. The molecule has 0 spiro atoms. The molecule has 0 radical (unpaired) electrons. The van der Waals surface area contributed by atoms with E-state index in [1.807, 2.05) is 18.2 Å². The van der Waals surface area contributed by atoms with E-state index in [9.17, 15) is 0 Å². The van der Waals surface area contributed by atoms with Gasteiger partial charge in [0.1, 0.15) is 0 Å². The molecule has 88 valence electrons. The van der Waals surface area contributed by atoms with Crippen molar-refractivity contribution in [1.29, 1.82) is 0 Å². The van der Waals surface area contributed by atoms with E-state index >= 15 is 0 Å². The van der Waals surface area contributed by atoms with Crippen LogP contribution in [0.1, 0.15) is 19.8 Å². The lowest BCUT2D eigenvalue weighted by molar-refractivity contribution is 0.116. The van der Waals surface area contributed by atoms with Crippen molar-refractivity contribution in [2.75, 3.05) is 30.3 Å². The SMILES string of the molecule is CCN(CC1CCCO1)c1ccccc1N. The Morgan fingerprint density at radius 3 is 2.88 bits per heavy atom. The second-order valence-electron chi connectivity index (χ2n) is 4.23. The van der Waals surface area contributed by atoms with Crippen LogP contribution in [0, 0.1) is 0 Å². The van der Waals surface area contributed by atoms with Crippen LogP contribution >= 0.6 is 0 Å². The highest BCUT2D eigenvalue weighted by Gasteiger charge is 2.19. The zero-order valence-corrected chi connectivity index (χ0v) is 9.86. The summed E-state index contributed by atoms with van der Waals surface area (Å²) < 4.78 is 5.66. The summed E-state index contributed by atoms with van der Waals surface area (Å²) in [5.74, 6) is 0. The van der Waals surface area contributed by atoms with Crippen molar-refractivity contribution in [2.24, 2.45) is 0 Å². The maximum absolute atomic E-state index is 5.99. The van der Waals surface area contributed by atoms with Crippen LogP contribution < -0.4 is 10.6 Å². The molecule has 0 amide bonds. The summed E-state index contributed by atoms with van der Waals surface area (Å²) in [5, 5.41) is 0. The minimum Gasteiger partial charge on any atom is -0.397 e. The molecule has 3 heteroatoms. The highest BCUT2D eigenvalue weighted by Crippen LogP contribution is 2.24. The van der Waals surface area contributed by atoms with Gasteiger partial charge in [-0.15, -0.1) is 0 Å². The maximum atomic E-state index is 5.99. The highest BCUT2D eigenvalue weighted by molar-refractivity contribution is 5.67. The van der Waals surface area contributed by atoms with Gasteiger partial charge in [0.2, 0.25) is 0 Å². The summed E-state index contributed by atoms with van der Waals surface area (Å²) in [6.45, 7) is 4.98. The number of likely N-dealkylation sites (N-methyl/N-ethyl adjacent to an activating group) is 1. The van der Waals surface area contributed by atoms with E-state index in [0.29, 0.717) is 6.10 Å². The summed E-state index contributed by atoms with van der Waals surface area (Å²) in [7, 11) is 0. The quantitative estimate of drug-likeness (QED) is 0.791. The first kappa shape index (κ1) is 11.3. The third-order valence-electron chi connectivity index (χ3n) is 3.11. The Morgan fingerprint density at radius 2 is 2.25 bits per heavy atom. The fourth-order valence-corrected chi connectivity index (χ4v) is 2.21. The van der Waals surface area contributed by atoms with Gasteiger partial charge in [0.05, 0.1) is 17.5 Å². The molecule has 0 saturated carbocycles. The Balaban J connectivity index is 2.06. The smallest absolute Gasteiger partial charge is 0.0750 e. The first-order valence-corrected chi connectivity index (χ1v) is 6.02. The lowest BCUT2D eigenvalue weighted by Gasteiger charge is -2.27. The van der Waals surface area contributed by atoms with Crippen LogP contribution in [0.3, 0.4) is 0 Å². The Labute approximate surface area is 97.2 Å². The number of nitrogen functional groups attached to an aromatic ring is 1. The van der Waals surface area contributed by atoms with Crippen molar-refractivity contribution in [3.63, 3.8) is 0 Å². The summed E-state index contributed by atoms with van der Waals surface area (Å²) in [6.07, 6.45) is 2.73. The molecule has 0 aromatic heterocycles. The standard InChI is InChI=1S/C13H20N2O/c1-2-15(10-11-6-5-9-16-11)13-8-4-3-7-12(13)14/h3-4,7-8,11H,2,5-6,9-10,14H2,1H3. The van der Waals surface area contributed by atoms with Gasteiger partial charge in [0, 0.05) is 19.7 Å². The highest BCUT2D eigenvalue weighted by atomic mass is 16.5. The Kier molecular flexibility index (Phi) is 3.67. The molecular formula is C13H20N2O. The molecule has 1 fully saturated rings. The van der Waals surface area contributed by atoms with Gasteiger partial charge in [-0.2, -0.15) is 0 Å². The van der Waals surface area contributed by atoms with E-state index in [1.165, 1.54) is 12.8 Å². The Hall–Kier alpha value is -1.22. The molecule has 1 aliphatic heterocycles. The van der Waals surface area contributed by atoms with Crippen LogP contribution in [0.2, 0.25) is 0 Å². The molecule has 2 rings (SSSR count). The molecule has 0 bridgehead atoms. The lowest BCUT2D eigenvalue weighted by Crippen LogP contribution is -2.32. The average molecular weight is 220 g/mol. The first-order chi connectivity index (χ1) is 7.81. The van der Waals surface area contributed by atoms with E-state index < -0.39 is 0 Å². The number of hydrogen-bond acceptors (Lipinski definition) is 3. The molecule has 1 unspecified atom stereocenters. The monoisotopic (exact) mass is 220 g/mol. The molecule has 16 heavy (non-hydrogen) atoms. The Bertz CT molecular complexity index is 334. The van der Waals surface area contributed by atoms with Gasteiger partial charge < -0.3 is 15.4 Å². The van der Waals surface area contributed by atoms with Crippen LogP contribution in [-0.2, 0) is 4.74 Å².